The molecule has 1 aromatic carbocycles. The lowest BCUT2D eigenvalue weighted by atomic mass is 10.1. The third-order valence-electron chi connectivity index (χ3n) is 4.02. The molecule has 26 heavy (non-hydrogen) atoms. The van der Waals surface area contributed by atoms with Gasteiger partial charge in [0.15, 0.2) is 0 Å². The number of esters is 1. The second kappa shape index (κ2) is 9.02. The molecule has 0 aliphatic carbocycles. The van der Waals surface area contributed by atoms with Crippen molar-refractivity contribution in [2.24, 2.45) is 5.92 Å². The molecule has 1 aliphatic rings. The third kappa shape index (κ3) is 4.75. The van der Waals surface area contributed by atoms with E-state index in [1.54, 1.807) is 22.7 Å². The van der Waals surface area contributed by atoms with Gasteiger partial charge >= 0.3 is 5.97 Å². The van der Waals surface area contributed by atoms with Crippen LogP contribution in [0.1, 0.15) is 44.0 Å². The summed E-state index contributed by atoms with van der Waals surface area (Å²) in [5.74, 6) is 0.0335. The van der Waals surface area contributed by atoms with Crippen molar-refractivity contribution < 1.29 is 19.2 Å². The minimum Gasteiger partial charge on any atom is -0.464 e. The number of thioether (sulfide) groups is 1. The Hall–Kier alpha value is -2.09. The summed E-state index contributed by atoms with van der Waals surface area (Å²) in [6.45, 7) is 6.33. The molecule has 2 atom stereocenters. The zero-order valence-corrected chi connectivity index (χ0v) is 16.0. The molecule has 0 aromatic heterocycles. The molecule has 1 heterocycles. The maximum Gasteiger partial charge on any atom is 0.329 e. The number of ether oxygens (including phenoxy) is 1. The van der Waals surface area contributed by atoms with E-state index in [0.717, 1.165) is 6.42 Å². The van der Waals surface area contributed by atoms with Crippen LogP contribution in [-0.2, 0) is 9.53 Å². The van der Waals surface area contributed by atoms with Crippen LogP contribution in [-0.4, -0.2) is 45.5 Å². The van der Waals surface area contributed by atoms with Crippen molar-refractivity contribution in [1.82, 2.24) is 4.90 Å². The molecule has 0 spiro atoms. The van der Waals surface area contributed by atoms with Crippen LogP contribution in [0.3, 0.4) is 0 Å². The lowest BCUT2D eigenvalue weighted by molar-refractivity contribution is -0.384. The van der Waals surface area contributed by atoms with Crippen molar-refractivity contribution in [2.45, 2.75) is 45.0 Å². The molecular weight excluding hydrogens is 356 g/mol. The van der Waals surface area contributed by atoms with Gasteiger partial charge in [0.25, 0.3) is 11.6 Å². The van der Waals surface area contributed by atoms with Gasteiger partial charge in [-0.2, -0.15) is 0 Å². The molecule has 2 rings (SSSR count). The van der Waals surface area contributed by atoms with Gasteiger partial charge < -0.3 is 9.64 Å². The van der Waals surface area contributed by atoms with Crippen LogP contribution in [0, 0.1) is 16.0 Å². The first kappa shape index (κ1) is 20.2. The minimum atomic E-state index is -0.665. The Morgan fingerprint density at radius 3 is 2.77 bits per heavy atom. The van der Waals surface area contributed by atoms with Crippen molar-refractivity contribution >= 4 is 29.3 Å². The summed E-state index contributed by atoms with van der Waals surface area (Å²) in [5.41, 5.74) is 0.0666. The van der Waals surface area contributed by atoms with Crippen molar-refractivity contribution in [1.29, 1.82) is 0 Å². The number of hydrogen-bond donors (Lipinski definition) is 0. The number of carbonyl (C=O) groups excluding carboxylic acids is 2. The lowest BCUT2D eigenvalue weighted by Gasteiger charge is -2.29. The average molecular weight is 380 g/mol. The van der Waals surface area contributed by atoms with E-state index in [4.69, 9.17) is 4.74 Å². The Bertz CT molecular complexity index is 679. The standard InChI is InChI=1S/C18H24N2O5S/c1-4-8-25-18(22)15-11-26-16(9-12(2)3)19(15)17(21)13-6-5-7-14(10-13)20(23)24/h5-7,10,12,15-16H,4,8-9,11H2,1-3H3. The highest BCUT2D eigenvalue weighted by atomic mass is 32.2. The first-order chi connectivity index (χ1) is 12.3. The summed E-state index contributed by atoms with van der Waals surface area (Å²) >= 11 is 1.55. The number of nitro benzene ring substituents is 1. The van der Waals surface area contributed by atoms with Crippen LogP contribution in [0.4, 0.5) is 5.69 Å². The van der Waals surface area contributed by atoms with Gasteiger partial charge in [-0.1, -0.05) is 26.8 Å². The molecule has 0 bridgehead atoms. The molecule has 1 fully saturated rings. The van der Waals surface area contributed by atoms with E-state index < -0.39 is 16.9 Å². The number of carbonyl (C=O) groups is 2. The van der Waals surface area contributed by atoms with Gasteiger partial charge in [0.1, 0.15) is 6.04 Å². The highest BCUT2D eigenvalue weighted by Gasteiger charge is 2.43. The smallest absolute Gasteiger partial charge is 0.329 e. The molecule has 0 N–H and O–H groups in total. The summed E-state index contributed by atoms with van der Waals surface area (Å²) in [4.78, 5) is 37.5. The van der Waals surface area contributed by atoms with Crippen molar-refractivity contribution in [2.75, 3.05) is 12.4 Å². The number of nitrogens with zero attached hydrogens (tertiary/aromatic N) is 2. The van der Waals surface area contributed by atoms with E-state index >= 15 is 0 Å². The fraction of sp³-hybridized carbons (Fsp3) is 0.556. The molecule has 142 valence electrons. The van der Waals surface area contributed by atoms with Gasteiger partial charge in [0, 0.05) is 23.4 Å². The monoisotopic (exact) mass is 380 g/mol. The molecule has 1 amide bonds. The summed E-state index contributed by atoms with van der Waals surface area (Å²) in [6.07, 6.45) is 1.45. The summed E-state index contributed by atoms with van der Waals surface area (Å²) < 4.78 is 5.25. The van der Waals surface area contributed by atoms with Gasteiger partial charge in [-0.25, -0.2) is 4.79 Å². The zero-order valence-electron chi connectivity index (χ0n) is 15.2. The SMILES string of the molecule is CCCOC(=O)C1CSC(CC(C)C)N1C(=O)c1cccc([N+](=O)[O-])c1. The van der Waals surface area contributed by atoms with Crippen LogP contribution >= 0.6 is 11.8 Å². The van der Waals surface area contributed by atoms with Crippen LogP contribution in [0.25, 0.3) is 0 Å². The number of amides is 1. The number of benzene rings is 1. The Labute approximate surface area is 157 Å². The Morgan fingerprint density at radius 1 is 1.42 bits per heavy atom. The maximum atomic E-state index is 13.1. The number of hydrogen-bond acceptors (Lipinski definition) is 6. The predicted molar refractivity (Wildman–Crippen MR) is 100 cm³/mol. The lowest BCUT2D eigenvalue weighted by Crippen LogP contribution is -2.46. The Morgan fingerprint density at radius 2 is 2.15 bits per heavy atom. The normalized spacial score (nSPS) is 19.6. The summed E-state index contributed by atoms with van der Waals surface area (Å²) in [7, 11) is 0. The van der Waals surface area contributed by atoms with Gasteiger partial charge in [0.05, 0.1) is 16.9 Å². The second-order valence-corrected chi connectivity index (χ2v) is 7.83. The van der Waals surface area contributed by atoms with Crippen molar-refractivity contribution in [3.05, 3.63) is 39.9 Å². The Kier molecular flexibility index (Phi) is 7.02. The van der Waals surface area contributed by atoms with E-state index in [0.29, 0.717) is 24.7 Å². The van der Waals surface area contributed by atoms with E-state index in [1.165, 1.54) is 18.2 Å². The number of nitro groups is 1. The molecule has 1 aromatic rings. The molecule has 7 nitrogen and oxygen atoms in total. The zero-order chi connectivity index (χ0) is 19.3. The molecule has 0 saturated carbocycles. The van der Waals surface area contributed by atoms with E-state index in [9.17, 15) is 19.7 Å². The van der Waals surface area contributed by atoms with Crippen LogP contribution < -0.4 is 0 Å². The molecule has 1 saturated heterocycles. The van der Waals surface area contributed by atoms with Gasteiger partial charge in [-0.05, 0) is 24.8 Å². The highest BCUT2D eigenvalue weighted by Crippen LogP contribution is 2.35. The number of non-ortho nitro benzene ring substituents is 1. The largest absolute Gasteiger partial charge is 0.464 e. The molecule has 0 radical (unpaired) electrons. The van der Waals surface area contributed by atoms with E-state index in [-0.39, 0.29) is 22.5 Å². The number of rotatable bonds is 7. The molecule has 8 heteroatoms. The second-order valence-electron chi connectivity index (χ2n) is 6.62. The van der Waals surface area contributed by atoms with Crippen molar-refractivity contribution in [3.63, 3.8) is 0 Å². The quantitative estimate of drug-likeness (QED) is 0.409. The predicted octanol–water partition coefficient (Wildman–Crippen LogP) is 3.48. The fourth-order valence-corrected chi connectivity index (χ4v) is 4.43. The topological polar surface area (TPSA) is 89.8 Å². The molecule has 2 unspecified atom stereocenters. The fourth-order valence-electron chi connectivity index (χ4n) is 2.80. The highest BCUT2D eigenvalue weighted by molar-refractivity contribution is 8.00. The van der Waals surface area contributed by atoms with Crippen LogP contribution in [0.5, 0.6) is 0 Å². The average Bonchev–Trinajstić information content (AvgIpc) is 3.01. The maximum absolute atomic E-state index is 13.1. The first-order valence-electron chi connectivity index (χ1n) is 8.70. The van der Waals surface area contributed by atoms with Crippen LogP contribution in [0.15, 0.2) is 24.3 Å². The third-order valence-corrected chi connectivity index (χ3v) is 5.34. The van der Waals surface area contributed by atoms with Gasteiger partial charge in [0.2, 0.25) is 0 Å². The van der Waals surface area contributed by atoms with E-state index in [2.05, 4.69) is 13.8 Å². The molecular formula is C18H24N2O5S. The summed E-state index contributed by atoms with van der Waals surface area (Å²) in [5, 5.41) is 10.8. The van der Waals surface area contributed by atoms with E-state index in [1.807, 2.05) is 6.92 Å². The first-order valence-corrected chi connectivity index (χ1v) is 9.75. The van der Waals surface area contributed by atoms with Crippen molar-refractivity contribution in [3.8, 4) is 0 Å². The van der Waals surface area contributed by atoms with Gasteiger partial charge in [-0.3, -0.25) is 14.9 Å². The van der Waals surface area contributed by atoms with Gasteiger partial charge in [-0.15, -0.1) is 11.8 Å². The minimum absolute atomic E-state index is 0.145. The Balaban J connectivity index is 2.30. The van der Waals surface area contributed by atoms with Crippen LogP contribution in [0.2, 0.25) is 0 Å². The molecule has 1 aliphatic heterocycles. The summed E-state index contributed by atoms with van der Waals surface area (Å²) in [6, 6.07) is 4.96.